The normalized spacial score (nSPS) is 10.3. The van der Waals surface area contributed by atoms with Crippen LogP contribution in [0.15, 0.2) is 30.5 Å². The molecule has 0 spiro atoms. The van der Waals surface area contributed by atoms with Gasteiger partial charge in [-0.1, -0.05) is 24.3 Å². The highest BCUT2D eigenvalue weighted by Gasteiger charge is 2.05. The Labute approximate surface area is 88.4 Å². The van der Waals surface area contributed by atoms with Gasteiger partial charge in [-0.3, -0.25) is 9.48 Å². The lowest BCUT2D eigenvalue weighted by Gasteiger charge is -1.98. The number of aromatic nitrogens is 2. The van der Waals surface area contributed by atoms with Crippen LogP contribution >= 0.6 is 0 Å². The molecule has 0 bridgehead atoms. The summed E-state index contributed by atoms with van der Waals surface area (Å²) in [5.74, 6) is 0. The van der Waals surface area contributed by atoms with Gasteiger partial charge in [0.2, 0.25) is 0 Å². The van der Waals surface area contributed by atoms with Crippen molar-refractivity contribution in [1.29, 1.82) is 0 Å². The van der Waals surface area contributed by atoms with Crippen LogP contribution in [0.5, 0.6) is 0 Å². The third-order valence-electron chi connectivity index (χ3n) is 2.37. The van der Waals surface area contributed by atoms with Gasteiger partial charge in [-0.15, -0.1) is 0 Å². The van der Waals surface area contributed by atoms with E-state index < -0.39 is 0 Å². The minimum absolute atomic E-state index is 0.695. The third kappa shape index (κ3) is 1.81. The summed E-state index contributed by atoms with van der Waals surface area (Å²) in [5.41, 5.74) is 3.89. The van der Waals surface area contributed by atoms with Crippen LogP contribution in [-0.2, 0) is 7.05 Å². The fraction of sp³-hybridized carbons (Fsp3) is 0.167. The predicted octanol–water partition coefficient (Wildman–Crippen LogP) is 2.21. The lowest BCUT2D eigenvalue weighted by Crippen LogP contribution is -1.86. The molecular weight excluding hydrogens is 188 g/mol. The van der Waals surface area contributed by atoms with Gasteiger partial charge in [-0.2, -0.15) is 5.10 Å². The minimum atomic E-state index is 0.695. The zero-order valence-electron chi connectivity index (χ0n) is 8.77. The number of aryl methyl sites for hydroxylation is 2. The second-order valence-corrected chi connectivity index (χ2v) is 3.54. The average molecular weight is 200 g/mol. The second kappa shape index (κ2) is 3.69. The quantitative estimate of drug-likeness (QED) is 0.696. The molecule has 15 heavy (non-hydrogen) atoms. The Morgan fingerprint density at radius 1 is 1.27 bits per heavy atom. The Bertz CT molecular complexity index is 483. The molecule has 1 aromatic carbocycles. The van der Waals surface area contributed by atoms with E-state index in [0.717, 1.165) is 23.1 Å². The maximum Gasteiger partial charge on any atom is 0.150 e. The number of carbonyl (C=O) groups is 1. The third-order valence-corrected chi connectivity index (χ3v) is 2.37. The molecule has 0 aliphatic carbocycles. The van der Waals surface area contributed by atoms with Crippen LogP contribution in [-0.4, -0.2) is 16.1 Å². The minimum Gasteiger partial charge on any atom is -0.298 e. The number of carbonyl (C=O) groups excluding carboxylic acids is 1. The lowest BCUT2D eigenvalue weighted by molar-refractivity contribution is 0.112. The van der Waals surface area contributed by atoms with E-state index in [4.69, 9.17) is 0 Å². The Morgan fingerprint density at radius 3 is 2.40 bits per heavy atom. The van der Waals surface area contributed by atoms with Gasteiger partial charge in [0.1, 0.15) is 6.29 Å². The predicted molar refractivity (Wildman–Crippen MR) is 58.8 cm³/mol. The molecule has 0 fully saturated rings. The smallest absolute Gasteiger partial charge is 0.150 e. The van der Waals surface area contributed by atoms with E-state index in [-0.39, 0.29) is 0 Å². The van der Waals surface area contributed by atoms with Crippen molar-refractivity contribution >= 4 is 6.29 Å². The molecule has 0 aliphatic heterocycles. The topological polar surface area (TPSA) is 34.9 Å². The molecule has 0 aliphatic rings. The number of aldehydes is 1. The molecule has 0 saturated carbocycles. The summed E-state index contributed by atoms with van der Waals surface area (Å²) in [5, 5.41) is 4.28. The highest BCUT2D eigenvalue weighted by Crippen LogP contribution is 2.22. The van der Waals surface area contributed by atoms with Gasteiger partial charge in [-0.05, 0) is 12.5 Å². The first-order chi connectivity index (χ1) is 7.20. The molecule has 3 nitrogen and oxygen atoms in total. The largest absolute Gasteiger partial charge is 0.298 e. The van der Waals surface area contributed by atoms with Gasteiger partial charge in [0.05, 0.1) is 5.69 Å². The van der Waals surface area contributed by atoms with Crippen molar-refractivity contribution in [3.8, 4) is 11.1 Å². The first kappa shape index (κ1) is 9.65. The summed E-state index contributed by atoms with van der Waals surface area (Å²) in [6.45, 7) is 1.98. The lowest BCUT2D eigenvalue weighted by atomic mass is 10.1. The van der Waals surface area contributed by atoms with Gasteiger partial charge in [-0.25, -0.2) is 0 Å². The molecule has 3 heteroatoms. The number of rotatable bonds is 2. The standard InChI is InChI=1S/C12H12N2O/c1-9-12(7-14(2)13-9)11-5-3-10(8-15)4-6-11/h3-8H,1-2H3. The SMILES string of the molecule is Cc1nn(C)cc1-c1ccc(C=O)cc1. The summed E-state index contributed by atoms with van der Waals surface area (Å²) < 4.78 is 1.79. The number of hydrogen-bond acceptors (Lipinski definition) is 2. The van der Waals surface area contributed by atoms with Crippen LogP contribution < -0.4 is 0 Å². The molecule has 0 amide bonds. The molecule has 0 radical (unpaired) electrons. The first-order valence-electron chi connectivity index (χ1n) is 4.76. The summed E-state index contributed by atoms with van der Waals surface area (Å²) in [6.07, 6.45) is 2.82. The van der Waals surface area contributed by atoms with Crippen LogP contribution in [0.25, 0.3) is 11.1 Å². The number of benzene rings is 1. The van der Waals surface area contributed by atoms with E-state index in [9.17, 15) is 4.79 Å². The number of nitrogens with zero attached hydrogens (tertiary/aromatic N) is 2. The van der Waals surface area contributed by atoms with Crippen molar-refractivity contribution < 1.29 is 4.79 Å². The van der Waals surface area contributed by atoms with Crippen LogP contribution in [0.1, 0.15) is 16.1 Å². The Balaban J connectivity index is 2.45. The molecular formula is C12H12N2O. The zero-order chi connectivity index (χ0) is 10.8. The van der Waals surface area contributed by atoms with Crippen molar-refractivity contribution in [1.82, 2.24) is 9.78 Å². The molecule has 0 unspecified atom stereocenters. The molecule has 1 aromatic heterocycles. The van der Waals surface area contributed by atoms with Crippen LogP contribution in [0, 0.1) is 6.92 Å². The highest BCUT2D eigenvalue weighted by atomic mass is 16.1. The van der Waals surface area contributed by atoms with E-state index in [1.165, 1.54) is 0 Å². The van der Waals surface area contributed by atoms with E-state index in [2.05, 4.69) is 5.10 Å². The fourth-order valence-electron chi connectivity index (χ4n) is 1.62. The van der Waals surface area contributed by atoms with Crippen molar-refractivity contribution in [3.05, 3.63) is 41.7 Å². The Hall–Kier alpha value is -1.90. The summed E-state index contributed by atoms with van der Waals surface area (Å²) in [6, 6.07) is 7.50. The van der Waals surface area contributed by atoms with Crippen molar-refractivity contribution in [2.75, 3.05) is 0 Å². The van der Waals surface area contributed by atoms with Crippen molar-refractivity contribution in [2.24, 2.45) is 7.05 Å². The van der Waals surface area contributed by atoms with Crippen molar-refractivity contribution in [2.45, 2.75) is 6.92 Å². The molecule has 2 aromatic rings. The van der Waals surface area contributed by atoms with E-state index in [1.807, 2.05) is 44.4 Å². The molecule has 0 saturated heterocycles. The summed E-state index contributed by atoms with van der Waals surface area (Å²) in [4.78, 5) is 10.5. The second-order valence-electron chi connectivity index (χ2n) is 3.54. The molecule has 0 N–H and O–H groups in total. The summed E-state index contributed by atoms with van der Waals surface area (Å²) >= 11 is 0. The average Bonchev–Trinajstić information content (AvgIpc) is 2.58. The molecule has 76 valence electrons. The highest BCUT2D eigenvalue weighted by molar-refractivity contribution is 5.77. The van der Waals surface area contributed by atoms with Crippen LogP contribution in [0.4, 0.5) is 0 Å². The van der Waals surface area contributed by atoms with E-state index in [1.54, 1.807) is 4.68 Å². The van der Waals surface area contributed by atoms with Gasteiger partial charge in [0, 0.05) is 24.4 Å². The number of hydrogen-bond donors (Lipinski definition) is 0. The van der Waals surface area contributed by atoms with Crippen molar-refractivity contribution in [3.63, 3.8) is 0 Å². The Kier molecular flexibility index (Phi) is 2.37. The molecule has 0 atom stereocenters. The maximum atomic E-state index is 10.5. The first-order valence-corrected chi connectivity index (χ1v) is 4.76. The van der Waals surface area contributed by atoms with Gasteiger partial charge in [0.15, 0.2) is 0 Å². The Morgan fingerprint density at radius 2 is 1.93 bits per heavy atom. The van der Waals surface area contributed by atoms with Crippen LogP contribution in [0.2, 0.25) is 0 Å². The van der Waals surface area contributed by atoms with E-state index >= 15 is 0 Å². The molecule has 1 heterocycles. The van der Waals surface area contributed by atoms with E-state index in [0.29, 0.717) is 5.56 Å². The fourth-order valence-corrected chi connectivity index (χ4v) is 1.62. The maximum absolute atomic E-state index is 10.5. The summed E-state index contributed by atoms with van der Waals surface area (Å²) in [7, 11) is 1.90. The van der Waals surface area contributed by atoms with Crippen LogP contribution in [0.3, 0.4) is 0 Å². The monoisotopic (exact) mass is 200 g/mol. The van der Waals surface area contributed by atoms with Gasteiger partial charge >= 0.3 is 0 Å². The van der Waals surface area contributed by atoms with Gasteiger partial charge in [0.25, 0.3) is 0 Å². The molecule has 2 rings (SSSR count). The van der Waals surface area contributed by atoms with Gasteiger partial charge < -0.3 is 0 Å². The zero-order valence-corrected chi connectivity index (χ0v) is 8.77.